The van der Waals surface area contributed by atoms with Gasteiger partial charge in [-0.05, 0) is 272 Å². The van der Waals surface area contributed by atoms with Gasteiger partial charge in [-0.3, -0.25) is 0 Å². The summed E-state index contributed by atoms with van der Waals surface area (Å²) in [4.78, 5) is 12.2. The fourth-order valence-electron chi connectivity index (χ4n) is 20.7. The van der Waals surface area contributed by atoms with Gasteiger partial charge in [-0.15, -0.1) is 22.7 Å². The number of benzene rings is 22. The van der Waals surface area contributed by atoms with E-state index in [-0.39, 0.29) is 0 Å². The van der Waals surface area contributed by atoms with E-state index >= 15 is 0 Å². The van der Waals surface area contributed by atoms with Crippen molar-refractivity contribution in [1.29, 1.82) is 0 Å². The Morgan fingerprint density at radius 3 is 0.590 bits per heavy atom. The second-order valence-corrected chi connectivity index (χ2v) is 38.4. The van der Waals surface area contributed by atoms with E-state index < -0.39 is 0 Å². The van der Waals surface area contributed by atoms with E-state index in [0.29, 0.717) is 0 Å². The van der Waals surface area contributed by atoms with Crippen molar-refractivity contribution in [3.63, 3.8) is 0 Å². The second-order valence-electron chi connectivity index (χ2n) is 36.2. The van der Waals surface area contributed by atoms with Crippen LogP contribution in [0.3, 0.4) is 0 Å². The van der Waals surface area contributed by atoms with Gasteiger partial charge in [-0.2, -0.15) is 0 Å². The molecule has 144 heavy (non-hydrogen) atoms. The molecule has 680 valence electrons. The Labute approximate surface area is 845 Å². The van der Waals surface area contributed by atoms with E-state index in [9.17, 15) is 0 Å². The third kappa shape index (κ3) is 16.9. The highest BCUT2D eigenvalue weighted by Crippen LogP contribution is 2.48. The van der Waals surface area contributed by atoms with E-state index in [0.717, 1.165) is 62.6 Å². The van der Waals surface area contributed by atoms with E-state index in [1.165, 1.54) is 168 Å². The van der Waals surface area contributed by atoms with Crippen LogP contribution in [0.25, 0.3) is 179 Å². The third-order valence-electron chi connectivity index (χ3n) is 27.7. The van der Waals surface area contributed by atoms with E-state index in [1.54, 1.807) is 0 Å². The van der Waals surface area contributed by atoms with Crippen LogP contribution < -0.4 is 14.7 Å². The summed E-state index contributed by atoms with van der Waals surface area (Å²) >= 11 is 3.67. The molecule has 27 aromatic rings. The van der Waals surface area contributed by atoms with Crippen molar-refractivity contribution in [3.8, 4) is 92.2 Å². The normalized spacial score (nSPS) is 11.3. The van der Waals surface area contributed by atoms with Gasteiger partial charge < -0.3 is 28.4 Å². The third-order valence-corrected chi connectivity index (χ3v) is 30.0. The maximum Gasteiger partial charge on any atom is 0.0546 e. The Morgan fingerprint density at radius 1 is 0.132 bits per heavy atom. The van der Waals surface area contributed by atoms with Crippen molar-refractivity contribution >= 4 is 161 Å². The molecule has 8 heteroatoms. The predicted octanol–water partition coefficient (Wildman–Crippen LogP) is 38.9. The lowest BCUT2D eigenvalue weighted by Crippen LogP contribution is -2.10. The first-order valence-corrected chi connectivity index (χ1v) is 50.6. The van der Waals surface area contributed by atoms with Crippen molar-refractivity contribution in [2.24, 2.45) is 0 Å². The summed E-state index contributed by atoms with van der Waals surface area (Å²) in [5.41, 5.74) is 32.9. The number of aromatic nitrogens is 3. The molecule has 5 heterocycles. The predicted molar refractivity (Wildman–Crippen MR) is 615 cm³/mol. The highest BCUT2D eigenvalue weighted by atomic mass is 32.1. The average Bonchev–Trinajstić information content (AvgIpc) is 1.40. The summed E-state index contributed by atoms with van der Waals surface area (Å²) in [6.07, 6.45) is 0. The lowest BCUT2D eigenvalue weighted by atomic mass is 9.99. The molecule has 0 saturated heterocycles. The number of fused-ring (bicyclic) bond motifs is 12. The zero-order valence-electron chi connectivity index (χ0n) is 78.8. The molecule has 0 amide bonds. The molecule has 22 aromatic carbocycles. The number of hydrogen-bond donors (Lipinski definition) is 0. The molecule has 0 aliphatic carbocycles. The van der Waals surface area contributed by atoms with Gasteiger partial charge in [-0.1, -0.05) is 370 Å². The van der Waals surface area contributed by atoms with Crippen LogP contribution in [-0.2, 0) is 0 Å². The van der Waals surface area contributed by atoms with Crippen molar-refractivity contribution in [1.82, 2.24) is 13.7 Å². The number of anilines is 9. The summed E-state index contributed by atoms with van der Waals surface area (Å²) in [7, 11) is 0. The summed E-state index contributed by atoms with van der Waals surface area (Å²) in [5, 5.41) is 12.5. The molecule has 0 saturated carbocycles. The van der Waals surface area contributed by atoms with Crippen molar-refractivity contribution in [2.75, 3.05) is 14.7 Å². The van der Waals surface area contributed by atoms with Crippen LogP contribution in [0, 0.1) is 0 Å². The van der Waals surface area contributed by atoms with Crippen LogP contribution in [0.5, 0.6) is 0 Å². The molecule has 0 aliphatic rings. The second kappa shape index (κ2) is 38.7. The van der Waals surface area contributed by atoms with Gasteiger partial charge in [0, 0.05) is 120 Å². The van der Waals surface area contributed by atoms with Gasteiger partial charge in [0.05, 0.1) is 38.8 Å². The molecule has 0 spiro atoms. The van der Waals surface area contributed by atoms with Crippen LogP contribution in [0.15, 0.2) is 570 Å². The zero-order valence-corrected chi connectivity index (χ0v) is 80.4. The van der Waals surface area contributed by atoms with Crippen LogP contribution >= 0.6 is 22.7 Å². The minimum atomic E-state index is 1.08. The first kappa shape index (κ1) is 87.1. The Balaban J connectivity index is 0.000000116. The van der Waals surface area contributed by atoms with Crippen LogP contribution in [0.4, 0.5) is 51.2 Å². The largest absolute Gasteiger partial charge is 0.311 e. The number of para-hydroxylation sites is 6. The molecule has 0 aliphatic heterocycles. The monoisotopic (exact) mass is 1870 g/mol. The zero-order chi connectivity index (χ0) is 95.6. The first-order chi connectivity index (χ1) is 71.4. The van der Waals surface area contributed by atoms with Crippen LogP contribution in [-0.4, -0.2) is 13.7 Å². The standard InChI is InChI=1S/C54H36N4.C46H31NS2.C36H27N/c1-7-19-49-43(13-1)44-14-2-8-20-50(44)56(49)40-31-25-37(26-32-40)55(38-27-33-41(34-28-38)57-51-21-9-3-15-45(51)46-16-4-10-22-52(46)57)39-29-35-42(36-30-39)58-53-23-11-5-17-47(53)48-18-6-12-24-54(48)58;1-3-11-32(12-4-1)43-27-29-45(48-43)34-19-23-37(24-20-34)47(42-31-36-15-7-8-16-39(36)40-17-9-10-18-41(40)42)38-25-21-35(22-26-38)46-30-28-44(49-46)33-13-5-2-6-14-33;1-4-10-28(11-5-1)31-16-22-34(23-17-31)37(35-24-18-32(19-25-35)29-12-6-2-7-13-29)36-26-20-33(21-27-36)30-14-8-3-9-15-30/h1-36H;1-31H;1-27H. The van der Waals surface area contributed by atoms with Gasteiger partial charge in [0.2, 0.25) is 0 Å². The highest BCUT2D eigenvalue weighted by Gasteiger charge is 2.24. The maximum absolute atomic E-state index is 2.41. The van der Waals surface area contributed by atoms with Gasteiger partial charge >= 0.3 is 0 Å². The SMILES string of the molecule is c1ccc(-c2ccc(-c3ccc(N(c4ccc(-c5ccc(-c6ccccc6)s5)cc4)c4cc5ccccc5c5ccccc45)cc3)s2)cc1.c1ccc(-c2ccc(N(c3ccc(-c4ccccc4)cc3)c3ccc(-c4ccccc4)cc3)cc2)cc1.c1ccc2c(c1)c1ccccc1n2-c1ccc(N(c2ccc(-n3c4ccccc4c4ccccc43)cc2)c2ccc(-n3c4ccccc4c4ccccc43)cc2)cc1. The van der Waals surface area contributed by atoms with Gasteiger partial charge in [0.1, 0.15) is 0 Å². The highest BCUT2D eigenvalue weighted by molar-refractivity contribution is 7.19. The molecule has 5 aromatic heterocycles. The fourth-order valence-corrected chi connectivity index (χ4v) is 22.8. The summed E-state index contributed by atoms with van der Waals surface area (Å²) in [6, 6.07) is 205. The molecule has 0 N–H and O–H groups in total. The minimum Gasteiger partial charge on any atom is -0.311 e. The molecule has 27 rings (SSSR count). The van der Waals surface area contributed by atoms with Crippen molar-refractivity contribution < 1.29 is 0 Å². The first-order valence-electron chi connectivity index (χ1n) is 49.0. The average molecular weight is 1880 g/mol. The van der Waals surface area contributed by atoms with Crippen molar-refractivity contribution in [3.05, 3.63) is 570 Å². The van der Waals surface area contributed by atoms with E-state index in [1.807, 2.05) is 22.7 Å². The van der Waals surface area contributed by atoms with Crippen molar-refractivity contribution in [2.45, 2.75) is 0 Å². The fraction of sp³-hybridized carbons (Fsp3) is 0. The Bertz CT molecular complexity index is 8390. The van der Waals surface area contributed by atoms with Crippen LogP contribution in [0.1, 0.15) is 0 Å². The summed E-state index contributed by atoms with van der Waals surface area (Å²) < 4.78 is 7.12. The Morgan fingerprint density at radius 2 is 0.319 bits per heavy atom. The van der Waals surface area contributed by atoms with E-state index in [4.69, 9.17) is 0 Å². The molecule has 0 radical (unpaired) electrons. The minimum absolute atomic E-state index is 1.08. The Hall–Kier alpha value is -18.4. The molecule has 6 nitrogen and oxygen atoms in total. The smallest absolute Gasteiger partial charge is 0.0546 e. The number of rotatable bonds is 19. The lowest BCUT2D eigenvalue weighted by Gasteiger charge is -2.28. The van der Waals surface area contributed by atoms with E-state index in [2.05, 4.69) is 599 Å². The summed E-state index contributed by atoms with van der Waals surface area (Å²) in [5.74, 6) is 0. The van der Waals surface area contributed by atoms with Gasteiger partial charge in [0.15, 0.2) is 0 Å². The molecule has 0 unspecified atom stereocenters. The molecular weight excluding hydrogens is 1780 g/mol. The molecule has 0 bridgehead atoms. The van der Waals surface area contributed by atoms with Crippen LogP contribution in [0.2, 0.25) is 0 Å². The molecule has 0 fully saturated rings. The quantitative estimate of drug-likeness (QED) is 0.0754. The number of thiophene rings is 2. The summed E-state index contributed by atoms with van der Waals surface area (Å²) in [6.45, 7) is 0. The molecular formula is C136H94N6S2. The maximum atomic E-state index is 2.41. The lowest BCUT2D eigenvalue weighted by molar-refractivity contribution is 1.16. The Kier molecular flexibility index (Phi) is 23.4. The number of nitrogens with zero attached hydrogens (tertiary/aromatic N) is 6. The topological polar surface area (TPSA) is 24.5 Å². The molecule has 0 atom stereocenters. The van der Waals surface area contributed by atoms with Gasteiger partial charge in [0.25, 0.3) is 0 Å². The number of hydrogen-bond acceptors (Lipinski definition) is 5. The van der Waals surface area contributed by atoms with Gasteiger partial charge in [-0.25, -0.2) is 0 Å².